The normalized spacial score (nSPS) is 16.0. The lowest BCUT2D eigenvalue weighted by Crippen LogP contribution is -2.38. The Morgan fingerprint density at radius 3 is 2.68 bits per heavy atom. The molecule has 2 aliphatic rings. The Balaban J connectivity index is 1.49. The van der Waals surface area contributed by atoms with Gasteiger partial charge in [0, 0.05) is 23.5 Å². The van der Waals surface area contributed by atoms with Gasteiger partial charge < -0.3 is 18.8 Å². The summed E-state index contributed by atoms with van der Waals surface area (Å²) in [6.45, 7) is 2.76. The van der Waals surface area contributed by atoms with E-state index in [1.807, 2.05) is 54.3 Å². The minimum absolute atomic E-state index is 0.0294. The molecule has 0 radical (unpaired) electrons. The summed E-state index contributed by atoms with van der Waals surface area (Å²) in [6.07, 6.45) is 4.40. The Hall–Kier alpha value is -2.95. The van der Waals surface area contributed by atoms with Crippen molar-refractivity contribution in [3.8, 4) is 11.5 Å². The maximum Gasteiger partial charge on any atom is 0.290 e. The van der Waals surface area contributed by atoms with Gasteiger partial charge in [-0.3, -0.25) is 4.79 Å². The summed E-state index contributed by atoms with van der Waals surface area (Å²) in [5.41, 5.74) is 2.71. The van der Waals surface area contributed by atoms with Crippen LogP contribution >= 0.6 is 0 Å². The number of carbonyl (C=O) groups is 1. The number of hydrogen-bond donors (Lipinski definition) is 0. The Bertz CT molecular complexity index is 1030. The molecule has 2 heterocycles. The highest BCUT2D eigenvalue weighted by Gasteiger charge is 2.31. The Morgan fingerprint density at radius 1 is 1.07 bits per heavy atom. The van der Waals surface area contributed by atoms with Gasteiger partial charge in [0.1, 0.15) is 5.58 Å². The van der Waals surface area contributed by atoms with Gasteiger partial charge in [-0.1, -0.05) is 37.1 Å². The molecule has 1 aromatic heterocycles. The average Bonchev–Trinajstić information content (AvgIpc) is 3.46. The number of hydrogen-bond acceptors (Lipinski definition) is 4. The smallest absolute Gasteiger partial charge is 0.290 e. The number of rotatable bonds is 4. The molecule has 0 unspecified atom stereocenters. The summed E-state index contributed by atoms with van der Waals surface area (Å²) < 4.78 is 16.9. The molecule has 0 spiro atoms. The van der Waals surface area contributed by atoms with Gasteiger partial charge in [0.15, 0.2) is 17.3 Å². The highest BCUT2D eigenvalue weighted by Crippen LogP contribution is 2.35. The lowest BCUT2D eigenvalue weighted by Gasteiger charge is -2.28. The summed E-state index contributed by atoms with van der Waals surface area (Å²) in [6, 6.07) is 14.0. The van der Waals surface area contributed by atoms with E-state index in [-0.39, 0.29) is 18.7 Å². The monoisotopic (exact) mass is 377 g/mol. The van der Waals surface area contributed by atoms with Crippen molar-refractivity contribution in [2.75, 3.05) is 6.79 Å². The molecule has 28 heavy (non-hydrogen) atoms. The highest BCUT2D eigenvalue weighted by molar-refractivity contribution is 5.99. The van der Waals surface area contributed by atoms with Crippen LogP contribution in [0.2, 0.25) is 0 Å². The second kappa shape index (κ2) is 6.89. The molecule has 1 aliphatic heterocycles. The second-order valence-electron chi connectivity index (χ2n) is 7.61. The molecule has 0 atom stereocenters. The van der Waals surface area contributed by atoms with E-state index in [4.69, 9.17) is 13.9 Å². The molecule has 1 amide bonds. The van der Waals surface area contributed by atoms with E-state index in [2.05, 4.69) is 0 Å². The van der Waals surface area contributed by atoms with Crippen molar-refractivity contribution in [2.45, 2.75) is 45.2 Å². The Kier molecular flexibility index (Phi) is 4.23. The number of aryl methyl sites for hydroxylation is 1. The summed E-state index contributed by atoms with van der Waals surface area (Å²) in [5.74, 6) is 1.93. The number of amides is 1. The zero-order chi connectivity index (χ0) is 19.1. The minimum Gasteiger partial charge on any atom is -0.454 e. The largest absolute Gasteiger partial charge is 0.454 e. The molecule has 1 aliphatic carbocycles. The molecule has 1 saturated carbocycles. The van der Waals surface area contributed by atoms with Crippen molar-refractivity contribution in [1.29, 1.82) is 0 Å². The first-order chi connectivity index (χ1) is 13.7. The molecule has 3 aromatic rings. The first-order valence-corrected chi connectivity index (χ1v) is 9.88. The van der Waals surface area contributed by atoms with Gasteiger partial charge in [0.25, 0.3) is 5.91 Å². The molecule has 5 nitrogen and oxygen atoms in total. The fraction of sp³-hybridized carbons (Fsp3) is 0.348. The van der Waals surface area contributed by atoms with Crippen LogP contribution in [-0.2, 0) is 6.54 Å². The zero-order valence-electron chi connectivity index (χ0n) is 15.9. The second-order valence-corrected chi connectivity index (χ2v) is 7.61. The Morgan fingerprint density at radius 2 is 1.86 bits per heavy atom. The van der Waals surface area contributed by atoms with Crippen LogP contribution in [0.1, 0.15) is 47.4 Å². The number of fused-ring (bicyclic) bond motifs is 2. The topological polar surface area (TPSA) is 51.9 Å². The summed E-state index contributed by atoms with van der Waals surface area (Å²) in [4.78, 5) is 15.5. The SMILES string of the molecule is Cc1c(C(=O)N(Cc2ccc3c(c2)OCO3)C2CCCC2)oc2ccccc12. The highest BCUT2D eigenvalue weighted by atomic mass is 16.7. The van der Waals surface area contributed by atoms with E-state index in [1.165, 1.54) is 0 Å². The first kappa shape index (κ1) is 17.2. The molecule has 1 fully saturated rings. The van der Waals surface area contributed by atoms with Crippen molar-refractivity contribution in [2.24, 2.45) is 0 Å². The van der Waals surface area contributed by atoms with Crippen LogP contribution in [0.3, 0.4) is 0 Å². The lowest BCUT2D eigenvalue weighted by atomic mass is 10.1. The third-order valence-corrected chi connectivity index (χ3v) is 5.85. The van der Waals surface area contributed by atoms with Gasteiger partial charge in [0.05, 0.1) is 0 Å². The predicted molar refractivity (Wildman–Crippen MR) is 106 cm³/mol. The van der Waals surface area contributed by atoms with Crippen molar-refractivity contribution < 1.29 is 18.7 Å². The number of ether oxygens (including phenoxy) is 2. The van der Waals surface area contributed by atoms with Crippen molar-refractivity contribution in [3.05, 3.63) is 59.4 Å². The summed E-state index contributed by atoms with van der Waals surface area (Å²) in [5, 5.41) is 1.00. The van der Waals surface area contributed by atoms with E-state index in [0.29, 0.717) is 12.3 Å². The van der Waals surface area contributed by atoms with E-state index in [0.717, 1.165) is 59.3 Å². The van der Waals surface area contributed by atoms with Crippen molar-refractivity contribution >= 4 is 16.9 Å². The molecular weight excluding hydrogens is 354 g/mol. The molecule has 0 bridgehead atoms. The standard InChI is InChI=1S/C23H23NO4/c1-15-18-8-4-5-9-19(18)28-22(15)23(25)24(17-6-2-3-7-17)13-16-10-11-20-21(12-16)27-14-26-20/h4-5,8-12,17H,2-3,6-7,13-14H2,1H3. The predicted octanol–water partition coefficient (Wildman–Crippen LogP) is 5.05. The van der Waals surface area contributed by atoms with Crippen LogP contribution in [0.15, 0.2) is 46.9 Å². The summed E-state index contributed by atoms with van der Waals surface area (Å²) in [7, 11) is 0. The van der Waals surface area contributed by atoms with Crippen LogP contribution in [0.5, 0.6) is 11.5 Å². The number of nitrogens with zero attached hydrogens (tertiary/aromatic N) is 1. The summed E-state index contributed by atoms with van der Waals surface area (Å²) >= 11 is 0. The molecule has 0 N–H and O–H groups in total. The molecule has 144 valence electrons. The third kappa shape index (κ3) is 2.91. The molecule has 5 rings (SSSR count). The van der Waals surface area contributed by atoms with Gasteiger partial charge in [-0.25, -0.2) is 0 Å². The fourth-order valence-corrected chi connectivity index (χ4v) is 4.33. The average molecular weight is 377 g/mol. The number of carbonyl (C=O) groups excluding carboxylic acids is 1. The number of furan rings is 1. The van der Waals surface area contributed by atoms with E-state index >= 15 is 0 Å². The fourth-order valence-electron chi connectivity index (χ4n) is 4.33. The Labute approximate surface area is 163 Å². The van der Waals surface area contributed by atoms with Crippen LogP contribution in [0, 0.1) is 6.92 Å². The van der Waals surface area contributed by atoms with Gasteiger partial charge in [0.2, 0.25) is 6.79 Å². The van der Waals surface area contributed by atoms with Gasteiger partial charge >= 0.3 is 0 Å². The zero-order valence-corrected chi connectivity index (χ0v) is 15.9. The molecular formula is C23H23NO4. The van der Waals surface area contributed by atoms with E-state index < -0.39 is 0 Å². The van der Waals surface area contributed by atoms with Crippen LogP contribution in [0.25, 0.3) is 11.0 Å². The van der Waals surface area contributed by atoms with Crippen LogP contribution < -0.4 is 9.47 Å². The quantitative estimate of drug-likeness (QED) is 0.638. The third-order valence-electron chi connectivity index (χ3n) is 5.85. The maximum atomic E-state index is 13.5. The van der Waals surface area contributed by atoms with Gasteiger partial charge in [-0.2, -0.15) is 0 Å². The molecule has 5 heteroatoms. The molecule has 2 aromatic carbocycles. The number of para-hydroxylation sites is 1. The first-order valence-electron chi connectivity index (χ1n) is 9.88. The van der Waals surface area contributed by atoms with Crippen molar-refractivity contribution in [1.82, 2.24) is 4.90 Å². The van der Waals surface area contributed by atoms with E-state index in [9.17, 15) is 4.79 Å². The number of benzene rings is 2. The van der Waals surface area contributed by atoms with Gasteiger partial charge in [-0.05, 0) is 43.5 Å². The van der Waals surface area contributed by atoms with Crippen LogP contribution in [0.4, 0.5) is 0 Å². The maximum absolute atomic E-state index is 13.5. The van der Waals surface area contributed by atoms with Crippen molar-refractivity contribution in [3.63, 3.8) is 0 Å². The van der Waals surface area contributed by atoms with Crippen LogP contribution in [-0.4, -0.2) is 23.6 Å². The minimum atomic E-state index is -0.0294. The molecule has 0 saturated heterocycles. The van der Waals surface area contributed by atoms with Gasteiger partial charge in [-0.15, -0.1) is 0 Å². The lowest BCUT2D eigenvalue weighted by molar-refractivity contribution is 0.0633. The van der Waals surface area contributed by atoms with E-state index in [1.54, 1.807) is 0 Å².